The Balaban J connectivity index is 0.985. The van der Waals surface area contributed by atoms with Crippen molar-refractivity contribution in [3.05, 3.63) is 90.0 Å². The Bertz CT molecular complexity index is 1380. The van der Waals surface area contributed by atoms with E-state index in [-0.39, 0.29) is 23.8 Å². The lowest BCUT2D eigenvalue weighted by atomic mass is 9.96. The van der Waals surface area contributed by atoms with Crippen LogP contribution in [0.15, 0.2) is 78.9 Å². The zero-order chi connectivity index (χ0) is 30.9. The molecule has 232 valence electrons. The number of piperidine rings is 2. The maximum Gasteiger partial charge on any atom is 0.411 e. The van der Waals surface area contributed by atoms with E-state index in [9.17, 15) is 14.4 Å². The Kier molecular flexibility index (Phi) is 10.6. The summed E-state index contributed by atoms with van der Waals surface area (Å²) in [5.74, 6) is -0.203. The van der Waals surface area contributed by atoms with Crippen LogP contribution in [-0.2, 0) is 16.1 Å². The van der Waals surface area contributed by atoms with E-state index in [1.807, 2.05) is 73.8 Å². The second-order valence-corrected chi connectivity index (χ2v) is 11.9. The zero-order valence-corrected chi connectivity index (χ0v) is 25.5. The van der Waals surface area contributed by atoms with Gasteiger partial charge in [-0.15, -0.1) is 0 Å². The maximum absolute atomic E-state index is 13.0. The molecule has 3 amide bonds. The third kappa shape index (κ3) is 8.67. The standard InChI is InChI=1S/C35H43N5O4/c1-38(34(42)30-9-7-26(8-10-30)25-40-19-15-29(16-20-40)33(36)41)23-24-39-21-17-32(18-22-39)44-35(43)37-31-13-11-28(12-14-31)27-5-3-2-4-6-27/h2-14,29,32H,15-25H2,1H3,(H2,36,41)(H,37,43). The molecule has 3 N–H and O–H groups in total. The molecule has 2 saturated heterocycles. The molecule has 44 heavy (non-hydrogen) atoms. The zero-order valence-electron chi connectivity index (χ0n) is 25.5. The second-order valence-electron chi connectivity index (χ2n) is 11.9. The van der Waals surface area contributed by atoms with Gasteiger partial charge < -0.3 is 20.3 Å². The number of carbonyl (C=O) groups is 3. The van der Waals surface area contributed by atoms with Gasteiger partial charge >= 0.3 is 6.09 Å². The number of ether oxygens (including phenoxy) is 1. The van der Waals surface area contributed by atoms with Crippen LogP contribution in [0.4, 0.5) is 10.5 Å². The highest BCUT2D eigenvalue weighted by Crippen LogP contribution is 2.22. The van der Waals surface area contributed by atoms with E-state index in [2.05, 4.69) is 27.2 Å². The van der Waals surface area contributed by atoms with Crippen molar-refractivity contribution in [3.63, 3.8) is 0 Å². The predicted octanol–water partition coefficient (Wildman–Crippen LogP) is 4.84. The number of hydrogen-bond donors (Lipinski definition) is 2. The molecule has 0 atom stereocenters. The van der Waals surface area contributed by atoms with Crippen molar-refractivity contribution >= 4 is 23.6 Å². The molecule has 3 aromatic rings. The van der Waals surface area contributed by atoms with Gasteiger partial charge in [-0.1, -0.05) is 54.6 Å². The molecule has 0 radical (unpaired) electrons. The first-order valence-corrected chi connectivity index (χ1v) is 15.6. The van der Waals surface area contributed by atoms with E-state index >= 15 is 0 Å². The smallest absolute Gasteiger partial charge is 0.411 e. The van der Waals surface area contributed by atoms with Crippen LogP contribution in [0.2, 0.25) is 0 Å². The molecule has 2 aliphatic rings. The van der Waals surface area contributed by atoms with Gasteiger partial charge in [-0.05, 0) is 79.7 Å². The van der Waals surface area contributed by atoms with E-state index in [1.165, 1.54) is 0 Å². The summed E-state index contributed by atoms with van der Waals surface area (Å²) in [4.78, 5) is 43.3. The van der Waals surface area contributed by atoms with Crippen LogP contribution in [0.5, 0.6) is 0 Å². The fourth-order valence-corrected chi connectivity index (χ4v) is 5.93. The third-order valence-corrected chi connectivity index (χ3v) is 8.74. The quantitative estimate of drug-likeness (QED) is 0.347. The van der Waals surface area contributed by atoms with Gasteiger partial charge in [0.2, 0.25) is 5.91 Å². The Hall–Kier alpha value is -4.21. The molecule has 2 aliphatic heterocycles. The Morgan fingerprint density at radius 1 is 0.818 bits per heavy atom. The van der Waals surface area contributed by atoms with Gasteiger partial charge in [0.1, 0.15) is 6.10 Å². The van der Waals surface area contributed by atoms with Crippen LogP contribution in [0.3, 0.4) is 0 Å². The summed E-state index contributed by atoms with van der Waals surface area (Å²) in [6, 6.07) is 25.7. The van der Waals surface area contributed by atoms with Crippen molar-refractivity contribution in [1.29, 1.82) is 0 Å². The predicted molar refractivity (Wildman–Crippen MR) is 172 cm³/mol. The summed E-state index contributed by atoms with van der Waals surface area (Å²) in [6.45, 7) is 5.55. The number of amides is 3. The van der Waals surface area contributed by atoms with Gasteiger partial charge in [-0.2, -0.15) is 0 Å². The summed E-state index contributed by atoms with van der Waals surface area (Å²) in [6.07, 6.45) is 2.59. The first kappa shape index (κ1) is 31.2. The molecule has 3 aromatic carbocycles. The first-order valence-electron chi connectivity index (χ1n) is 15.6. The van der Waals surface area contributed by atoms with Crippen LogP contribution in [0.25, 0.3) is 11.1 Å². The van der Waals surface area contributed by atoms with E-state index in [0.717, 1.165) is 81.6 Å². The topological polar surface area (TPSA) is 108 Å². The number of nitrogens with one attached hydrogen (secondary N) is 1. The number of hydrogen-bond acceptors (Lipinski definition) is 6. The largest absolute Gasteiger partial charge is 0.446 e. The molecule has 0 bridgehead atoms. The third-order valence-electron chi connectivity index (χ3n) is 8.74. The monoisotopic (exact) mass is 597 g/mol. The second kappa shape index (κ2) is 15.0. The van der Waals surface area contributed by atoms with Gasteiger partial charge in [-0.3, -0.25) is 19.8 Å². The van der Waals surface area contributed by atoms with Crippen molar-refractivity contribution in [2.45, 2.75) is 38.3 Å². The van der Waals surface area contributed by atoms with Gasteiger partial charge in [0.25, 0.3) is 5.91 Å². The first-order chi connectivity index (χ1) is 21.3. The summed E-state index contributed by atoms with van der Waals surface area (Å²) < 4.78 is 5.69. The SMILES string of the molecule is CN(CCN1CCC(OC(=O)Nc2ccc(-c3ccccc3)cc2)CC1)C(=O)c1ccc(CN2CCC(C(N)=O)CC2)cc1. The fourth-order valence-electron chi connectivity index (χ4n) is 5.93. The van der Waals surface area contributed by atoms with Crippen LogP contribution in [0.1, 0.15) is 41.6 Å². The molecule has 0 aliphatic carbocycles. The van der Waals surface area contributed by atoms with E-state index < -0.39 is 6.09 Å². The van der Waals surface area contributed by atoms with Crippen molar-refractivity contribution in [2.24, 2.45) is 11.7 Å². The molecule has 2 fully saturated rings. The van der Waals surface area contributed by atoms with Crippen LogP contribution < -0.4 is 11.1 Å². The summed E-state index contributed by atoms with van der Waals surface area (Å²) >= 11 is 0. The number of benzene rings is 3. The molecule has 0 aromatic heterocycles. The normalized spacial score (nSPS) is 16.8. The lowest BCUT2D eigenvalue weighted by Crippen LogP contribution is -2.42. The lowest BCUT2D eigenvalue weighted by molar-refractivity contribution is -0.123. The molecule has 0 spiro atoms. The lowest BCUT2D eigenvalue weighted by Gasteiger charge is -2.32. The van der Waals surface area contributed by atoms with E-state index in [1.54, 1.807) is 4.90 Å². The van der Waals surface area contributed by atoms with Gasteiger partial charge in [0.15, 0.2) is 0 Å². The van der Waals surface area contributed by atoms with Gasteiger partial charge in [0.05, 0.1) is 0 Å². The fraction of sp³-hybridized carbons (Fsp3) is 0.400. The van der Waals surface area contributed by atoms with Crippen LogP contribution >= 0.6 is 0 Å². The minimum Gasteiger partial charge on any atom is -0.446 e. The van der Waals surface area contributed by atoms with Crippen LogP contribution in [-0.4, -0.2) is 85.0 Å². The maximum atomic E-state index is 13.0. The molecule has 9 heteroatoms. The average Bonchev–Trinajstić information content (AvgIpc) is 3.05. The molecule has 0 saturated carbocycles. The number of rotatable bonds is 10. The summed E-state index contributed by atoms with van der Waals surface area (Å²) in [7, 11) is 1.84. The highest BCUT2D eigenvalue weighted by Gasteiger charge is 2.24. The minimum atomic E-state index is -0.431. The van der Waals surface area contributed by atoms with Crippen molar-refractivity contribution in [2.75, 3.05) is 51.6 Å². The van der Waals surface area contributed by atoms with Gasteiger partial charge in [-0.25, -0.2) is 4.79 Å². The molecule has 9 nitrogen and oxygen atoms in total. The Labute approximate surface area is 260 Å². The number of carbonyl (C=O) groups excluding carboxylic acids is 3. The van der Waals surface area contributed by atoms with Crippen molar-refractivity contribution in [3.8, 4) is 11.1 Å². The average molecular weight is 598 g/mol. The molecule has 2 heterocycles. The number of likely N-dealkylation sites (tertiary alicyclic amines) is 2. The van der Waals surface area contributed by atoms with E-state index in [0.29, 0.717) is 17.8 Å². The number of primary amides is 1. The van der Waals surface area contributed by atoms with Crippen LogP contribution in [0, 0.1) is 5.92 Å². The van der Waals surface area contributed by atoms with Gasteiger partial charge in [0, 0.05) is 56.9 Å². The van der Waals surface area contributed by atoms with Crippen molar-refractivity contribution < 1.29 is 19.1 Å². The number of likely N-dealkylation sites (N-methyl/N-ethyl adjacent to an activating group) is 1. The number of nitrogens with zero attached hydrogens (tertiary/aromatic N) is 3. The minimum absolute atomic E-state index is 0.00511. The summed E-state index contributed by atoms with van der Waals surface area (Å²) in [5.41, 5.74) is 10.2. The molecule has 5 rings (SSSR count). The number of nitrogens with two attached hydrogens (primary N) is 1. The van der Waals surface area contributed by atoms with Crippen molar-refractivity contribution in [1.82, 2.24) is 14.7 Å². The molecular formula is C35H43N5O4. The number of anilines is 1. The molecule has 0 unspecified atom stereocenters. The highest BCUT2D eigenvalue weighted by atomic mass is 16.6. The van der Waals surface area contributed by atoms with E-state index in [4.69, 9.17) is 10.5 Å². The summed E-state index contributed by atoms with van der Waals surface area (Å²) in [5, 5.41) is 2.84. The Morgan fingerprint density at radius 2 is 1.43 bits per heavy atom. The molecular weight excluding hydrogens is 554 g/mol. The Morgan fingerprint density at radius 3 is 2.07 bits per heavy atom. The highest BCUT2D eigenvalue weighted by molar-refractivity contribution is 5.94.